The molecule has 1 amide bonds. The van der Waals surface area contributed by atoms with Crippen LogP contribution in [0.3, 0.4) is 0 Å². The van der Waals surface area contributed by atoms with Gasteiger partial charge in [-0.3, -0.25) is 14.9 Å². The first kappa shape index (κ1) is 20.8. The molecule has 0 radical (unpaired) electrons. The number of amides is 1. The maximum absolute atomic E-state index is 12.7. The van der Waals surface area contributed by atoms with Gasteiger partial charge in [-0.05, 0) is 23.8 Å². The van der Waals surface area contributed by atoms with Crippen molar-refractivity contribution in [1.82, 2.24) is 0 Å². The first-order valence-corrected chi connectivity index (χ1v) is 9.66. The van der Waals surface area contributed by atoms with Gasteiger partial charge in [0, 0.05) is 28.1 Å². The lowest BCUT2D eigenvalue weighted by atomic mass is 10.0. The van der Waals surface area contributed by atoms with Gasteiger partial charge in [-0.2, -0.15) is 0 Å². The number of carbonyl (C=O) groups is 2. The quantitative estimate of drug-likeness (QED) is 0.306. The van der Waals surface area contributed by atoms with E-state index < -0.39 is 16.8 Å². The molecule has 0 saturated heterocycles. The third-order valence-electron chi connectivity index (χ3n) is 3.97. The van der Waals surface area contributed by atoms with Crippen molar-refractivity contribution in [3.05, 3.63) is 79.1 Å². The summed E-state index contributed by atoms with van der Waals surface area (Å²) >= 11 is 13.1. The molecule has 0 spiro atoms. The maximum Gasteiger partial charge on any atom is 0.341 e. The Morgan fingerprint density at radius 1 is 1.14 bits per heavy atom. The fraction of sp³-hybridized carbons (Fsp3) is 0.0526. The fourth-order valence-corrected chi connectivity index (χ4v) is 3.85. The lowest BCUT2D eigenvalue weighted by Gasteiger charge is -2.09. The van der Waals surface area contributed by atoms with Gasteiger partial charge in [0.2, 0.25) is 0 Å². The van der Waals surface area contributed by atoms with Crippen LogP contribution in [0.4, 0.5) is 10.7 Å². The molecule has 0 fully saturated rings. The maximum atomic E-state index is 12.7. The van der Waals surface area contributed by atoms with Gasteiger partial charge in [-0.1, -0.05) is 35.3 Å². The molecule has 1 aromatic heterocycles. The van der Waals surface area contributed by atoms with Crippen LogP contribution in [-0.2, 0) is 4.74 Å². The molecule has 0 aliphatic heterocycles. The third kappa shape index (κ3) is 4.40. The minimum Gasteiger partial charge on any atom is -0.465 e. The standard InChI is InChI=1S/C19H12Cl2N2O5S/c1-28-19(25)16-14(10-2-4-11(20)5-3-10)9-29-18(16)22-17(24)13-8-12(23(26)27)6-7-15(13)21/h2-9H,1H3,(H,22,24). The summed E-state index contributed by atoms with van der Waals surface area (Å²) < 4.78 is 4.86. The van der Waals surface area contributed by atoms with E-state index in [1.54, 1.807) is 29.6 Å². The van der Waals surface area contributed by atoms with Crippen LogP contribution in [0, 0.1) is 10.1 Å². The predicted molar refractivity (Wildman–Crippen MR) is 112 cm³/mol. The van der Waals surface area contributed by atoms with Crippen molar-refractivity contribution < 1.29 is 19.2 Å². The van der Waals surface area contributed by atoms with Crippen molar-refractivity contribution in [2.75, 3.05) is 12.4 Å². The van der Waals surface area contributed by atoms with Crippen molar-refractivity contribution >= 4 is 57.1 Å². The number of methoxy groups -OCH3 is 1. The van der Waals surface area contributed by atoms with Crippen molar-refractivity contribution in [3.63, 3.8) is 0 Å². The zero-order valence-corrected chi connectivity index (χ0v) is 17.1. The Labute approximate surface area is 179 Å². The Kier molecular flexibility index (Phi) is 6.17. The van der Waals surface area contributed by atoms with Gasteiger partial charge in [0.15, 0.2) is 0 Å². The molecule has 0 unspecified atom stereocenters. The molecule has 0 aliphatic rings. The molecule has 0 atom stereocenters. The van der Waals surface area contributed by atoms with Crippen LogP contribution in [0.25, 0.3) is 11.1 Å². The molecule has 0 bridgehead atoms. The van der Waals surface area contributed by atoms with Gasteiger partial charge in [-0.15, -0.1) is 11.3 Å². The number of esters is 1. The van der Waals surface area contributed by atoms with Crippen molar-refractivity contribution in [3.8, 4) is 11.1 Å². The normalized spacial score (nSPS) is 10.4. The van der Waals surface area contributed by atoms with Gasteiger partial charge in [0.1, 0.15) is 10.6 Å². The molecule has 1 N–H and O–H groups in total. The molecule has 3 aromatic rings. The molecular weight excluding hydrogens is 439 g/mol. The lowest BCUT2D eigenvalue weighted by molar-refractivity contribution is -0.384. The van der Waals surface area contributed by atoms with Gasteiger partial charge in [0.05, 0.1) is 22.6 Å². The van der Waals surface area contributed by atoms with Crippen LogP contribution >= 0.6 is 34.5 Å². The second kappa shape index (κ2) is 8.60. The van der Waals surface area contributed by atoms with Crippen LogP contribution in [0.5, 0.6) is 0 Å². The Hall–Kier alpha value is -2.94. The second-order valence-electron chi connectivity index (χ2n) is 5.73. The van der Waals surface area contributed by atoms with Crippen LogP contribution in [0.15, 0.2) is 47.8 Å². The Morgan fingerprint density at radius 3 is 2.45 bits per heavy atom. The van der Waals surface area contributed by atoms with Gasteiger partial charge < -0.3 is 10.1 Å². The van der Waals surface area contributed by atoms with Crippen LogP contribution in [-0.4, -0.2) is 23.9 Å². The number of nitrogens with one attached hydrogen (secondary N) is 1. The largest absolute Gasteiger partial charge is 0.465 e. The average Bonchev–Trinajstić information content (AvgIpc) is 3.11. The molecule has 0 aliphatic carbocycles. The highest BCUT2D eigenvalue weighted by atomic mass is 35.5. The highest BCUT2D eigenvalue weighted by Gasteiger charge is 2.24. The van der Waals surface area contributed by atoms with Crippen LogP contribution in [0.1, 0.15) is 20.7 Å². The molecule has 10 heteroatoms. The number of rotatable bonds is 5. The Balaban J connectivity index is 2.00. The number of ether oxygens (including phenoxy) is 1. The first-order valence-electron chi connectivity index (χ1n) is 8.03. The molecule has 1 heterocycles. The molecule has 7 nitrogen and oxygen atoms in total. The number of benzene rings is 2. The summed E-state index contributed by atoms with van der Waals surface area (Å²) in [6.07, 6.45) is 0. The number of nitrogens with zero attached hydrogens (tertiary/aromatic N) is 1. The average molecular weight is 451 g/mol. The summed E-state index contributed by atoms with van der Waals surface area (Å²) in [7, 11) is 1.23. The van der Waals surface area contributed by atoms with E-state index in [4.69, 9.17) is 27.9 Å². The highest BCUT2D eigenvalue weighted by molar-refractivity contribution is 7.15. The van der Waals surface area contributed by atoms with E-state index in [0.29, 0.717) is 16.1 Å². The minimum atomic E-state index is -0.687. The molecule has 3 rings (SSSR count). The van der Waals surface area contributed by atoms with Crippen molar-refractivity contribution in [2.24, 2.45) is 0 Å². The topological polar surface area (TPSA) is 98.5 Å². The summed E-state index contributed by atoms with van der Waals surface area (Å²) in [6, 6.07) is 10.4. The van der Waals surface area contributed by atoms with Crippen LogP contribution < -0.4 is 5.32 Å². The number of nitro benzene ring substituents is 1. The van der Waals surface area contributed by atoms with Crippen molar-refractivity contribution in [2.45, 2.75) is 0 Å². The predicted octanol–water partition coefficient (Wildman–Crippen LogP) is 5.67. The number of anilines is 1. The zero-order chi connectivity index (χ0) is 21.1. The zero-order valence-electron chi connectivity index (χ0n) is 14.8. The smallest absolute Gasteiger partial charge is 0.341 e. The molecule has 0 saturated carbocycles. The summed E-state index contributed by atoms with van der Waals surface area (Å²) in [6.45, 7) is 0. The Morgan fingerprint density at radius 2 is 1.83 bits per heavy atom. The molecule has 29 heavy (non-hydrogen) atoms. The lowest BCUT2D eigenvalue weighted by Crippen LogP contribution is -2.15. The number of non-ortho nitro benzene ring substituents is 1. The van der Waals surface area contributed by atoms with Crippen LogP contribution in [0.2, 0.25) is 10.0 Å². The number of halogens is 2. The minimum absolute atomic E-state index is 0.0437. The second-order valence-corrected chi connectivity index (χ2v) is 7.45. The number of thiophene rings is 1. The van der Waals surface area contributed by atoms with Gasteiger partial charge in [-0.25, -0.2) is 4.79 Å². The highest BCUT2D eigenvalue weighted by Crippen LogP contribution is 2.37. The number of nitro groups is 1. The summed E-state index contributed by atoms with van der Waals surface area (Å²) in [5.41, 5.74) is 1.06. The summed E-state index contributed by atoms with van der Waals surface area (Å²) in [5.74, 6) is -1.33. The van der Waals surface area contributed by atoms with E-state index >= 15 is 0 Å². The van der Waals surface area contributed by atoms with E-state index in [0.717, 1.165) is 17.4 Å². The Bertz CT molecular complexity index is 1110. The fourth-order valence-electron chi connectivity index (χ4n) is 2.57. The first-order chi connectivity index (χ1) is 13.8. The summed E-state index contributed by atoms with van der Waals surface area (Å²) in [5, 5.41) is 16.1. The van der Waals surface area contributed by atoms with Crippen molar-refractivity contribution in [1.29, 1.82) is 0 Å². The SMILES string of the molecule is COC(=O)c1c(-c2ccc(Cl)cc2)csc1NC(=O)c1cc([N+](=O)[O-])ccc1Cl. The number of carbonyl (C=O) groups excluding carboxylic acids is 2. The molecule has 2 aromatic carbocycles. The van der Waals surface area contributed by atoms with E-state index in [1.807, 2.05) is 0 Å². The molecular formula is C19H12Cl2N2O5S. The van der Waals surface area contributed by atoms with E-state index in [2.05, 4.69) is 5.32 Å². The number of hydrogen-bond donors (Lipinski definition) is 1. The molecule has 148 valence electrons. The van der Waals surface area contributed by atoms with E-state index in [-0.39, 0.29) is 26.8 Å². The number of hydrogen-bond acceptors (Lipinski definition) is 6. The van der Waals surface area contributed by atoms with E-state index in [1.165, 1.54) is 19.2 Å². The summed E-state index contributed by atoms with van der Waals surface area (Å²) in [4.78, 5) is 35.4. The third-order valence-corrected chi connectivity index (χ3v) is 5.45. The van der Waals surface area contributed by atoms with E-state index in [9.17, 15) is 19.7 Å². The van der Waals surface area contributed by atoms with Gasteiger partial charge >= 0.3 is 5.97 Å². The van der Waals surface area contributed by atoms with Gasteiger partial charge in [0.25, 0.3) is 11.6 Å². The monoisotopic (exact) mass is 450 g/mol.